The molecule has 2 unspecified atom stereocenters. The first-order valence-electron chi connectivity index (χ1n) is 6.14. The van der Waals surface area contributed by atoms with E-state index in [2.05, 4.69) is 12.2 Å². The molecular formula is C14H20ClNO. The van der Waals surface area contributed by atoms with E-state index in [0.29, 0.717) is 0 Å². The summed E-state index contributed by atoms with van der Waals surface area (Å²) in [5, 5.41) is 2.35. The van der Waals surface area contributed by atoms with Gasteiger partial charge in [0.25, 0.3) is 0 Å². The third-order valence-corrected chi connectivity index (χ3v) is 3.15. The fourth-order valence-electron chi connectivity index (χ4n) is 1.67. The van der Waals surface area contributed by atoms with Crippen LogP contribution in [0.15, 0.2) is 30.3 Å². The van der Waals surface area contributed by atoms with E-state index in [1.54, 1.807) is 0 Å². The molecule has 0 heterocycles. The first-order valence-corrected chi connectivity index (χ1v) is 6.58. The lowest BCUT2D eigenvalue weighted by Gasteiger charge is -2.16. The molecule has 3 heteroatoms. The van der Waals surface area contributed by atoms with Crippen molar-refractivity contribution in [2.75, 3.05) is 0 Å². The fourth-order valence-corrected chi connectivity index (χ4v) is 1.88. The third-order valence-electron chi connectivity index (χ3n) is 2.70. The van der Waals surface area contributed by atoms with E-state index in [1.165, 1.54) is 0 Å². The van der Waals surface area contributed by atoms with Gasteiger partial charge >= 0.3 is 0 Å². The van der Waals surface area contributed by atoms with Crippen molar-refractivity contribution in [3.05, 3.63) is 35.9 Å². The van der Waals surface area contributed by atoms with Crippen molar-refractivity contribution in [3.63, 3.8) is 0 Å². The molecule has 2 nitrogen and oxygen atoms in total. The summed E-state index contributed by atoms with van der Waals surface area (Å²) >= 11 is 6.12. The molecule has 0 aliphatic heterocycles. The molecule has 1 amide bonds. The summed E-state index contributed by atoms with van der Waals surface area (Å²) in [6.07, 6.45) is 3.27. The first kappa shape index (κ1) is 14.0. The third kappa shape index (κ3) is 4.78. The minimum Gasteiger partial charge on any atom is -0.352 e. The van der Waals surface area contributed by atoms with Gasteiger partial charge < -0.3 is 5.32 Å². The molecule has 0 saturated carbocycles. The molecule has 0 fully saturated rings. The predicted octanol–water partition coefficient (Wildman–Crippen LogP) is 3.66. The number of rotatable bonds is 6. The van der Waals surface area contributed by atoms with Crippen molar-refractivity contribution in [2.45, 2.75) is 44.5 Å². The van der Waals surface area contributed by atoms with E-state index in [-0.39, 0.29) is 11.9 Å². The highest BCUT2D eigenvalue weighted by Gasteiger charge is 2.18. The molecule has 1 aromatic rings. The number of hydrogen-bond acceptors (Lipinski definition) is 1. The van der Waals surface area contributed by atoms with Crippen molar-refractivity contribution in [1.82, 2.24) is 5.32 Å². The maximum absolute atomic E-state index is 11.9. The van der Waals surface area contributed by atoms with Crippen LogP contribution < -0.4 is 5.32 Å². The Morgan fingerprint density at radius 1 is 1.35 bits per heavy atom. The van der Waals surface area contributed by atoms with Gasteiger partial charge in [-0.1, -0.05) is 50.1 Å². The summed E-state index contributed by atoms with van der Waals surface area (Å²) in [4.78, 5) is 11.9. The Balaban J connectivity index is 2.47. The Bertz CT molecular complexity index is 339. The summed E-state index contributed by atoms with van der Waals surface area (Å²) < 4.78 is 0. The van der Waals surface area contributed by atoms with Crippen molar-refractivity contribution in [2.24, 2.45) is 0 Å². The Hall–Kier alpha value is -1.02. The van der Waals surface area contributed by atoms with Crippen molar-refractivity contribution >= 4 is 17.5 Å². The smallest absolute Gasteiger partial charge is 0.242 e. The van der Waals surface area contributed by atoms with Crippen molar-refractivity contribution in [3.8, 4) is 0 Å². The fraction of sp³-hybridized carbons (Fsp3) is 0.500. The average Bonchev–Trinajstić information content (AvgIpc) is 2.36. The molecule has 0 aromatic heterocycles. The number of hydrogen-bond donors (Lipinski definition) is 1. The molecule has 1 aromatic carbocycles. The highest BCUT2D eigenvalue weighted by molar-refractivity contribution is 6.30. The van der Waals surface area contributed by atoms with Gasteiger partial charge in [0.1, 0.15) is 5.38 Å². The summed E-state index contributed by atoms with van der Waals surface area (Å²) in [5.41, 5.74) is 0.842. The largest absolute Gasteiger partial charge is 0.352 e. The van der Waals surface area contributed by atoms with Gasteiger partial charge in [0.15, 0.2) is 0 Å². The first-order chi connectivity index (χ1) is 8.15. The second-order valence-electron chi connectivity index (χ2n) is 4.33. The van der Waals surface area contributed by atoms with Crippen LogP contribution in [-0.4, -0.2) is 11.9 Å². The zero-order valence-electron chi connectivity index (χ0n) is 10.4. The quantitative estimate of drug-likeness (QED) is 0.771. The number of halogens is 1. The van der Waals surface area contributed by atoms with Crippen LogP contribution in [0.4, 0.5) is 0 Å². The molecule has 17 heavy (non-hydrogen) atoms. The maximum Gasteiger partial charge on any atom is 0.242 e. The maximum atomic E-state index is 11.9. The molecule has 0 aliphatic carbocycles. The normalized spacial score (nSPS) is 14.1. The summed E-state index contributed by atoms with van der Waals surface area (Å²) in [6.45, 7) is 4.16. The second kappa shape index (κ2) is 7.33. The van der Waals surface area contributed by atoms with Crippen LogP contribution in [0, 0.1) is 0 Å². The van der Waals surface area contributed by atoms with Crippen molar-refractivity contribution < 1.29 is 4.79 Å². The zero-order chi connectivity index (χ0) is 12.7. The van der Waals surface area contributed by atoms with E-state index < -0.39 is 5.38 Å². The van der Waals surface area contributed by atoms with Crippen LogP contribution in [-0.2, 0) is 4.79 Å². The van der Waals surface area contributed by atoms with Gasteiger partial charge in [0.05, 0.1) is 0 Å². The lowest BCUT2D eigenvalue weighted by molar-refractivity contribution is -0.121. The van der Waals surface area contributed by atoms with E-state index in [0.717, 1.165) is 24.8 Å². The molecule has 0 bridgehead atoms. The number of nitrogens with one attached hydrogen (secondary N) is 1. The zero-order valence-corrected chi connectivity index (χ0v) is 11.2. The van der Waals surface area contributed by atoms with Gasteiger partial charge in [-0.25, -0.2) is 0 Å². The number of alkyl halides is 1. The van der Waals surface area contributed by atoms with Gasteiger partial charge in [0.2, 0.25) is 5.91 Å². The molecule has 1 N–H and O–H groups in total. The van der Waals surface area contributed by atoms with Crippen LogP contribution in [0.1, 0.15) is 44.1 Å². The molecule has 0 aliphatic rings. The summed E-state index contributed by atoms with van der Waals surface area (Å²) in [5.74, 6) is -0.110. The summed E-state index contributed by atoms with van der Waals surface area (Å²) in [6, 6.07) is 9.61. The van der Waals surface area contributed by atoms with Gasteiger partial charge in [-0.3, -0.25) is 4.79 Å². The lowest BCUT2D eigenvalue weighted by atomic mass is 10.1. The molecule has 0 radical (unpaired) electrons. The Morgan fingerprint density at radius 3 is 2.59 bits per heavy atom. The van der Waals surface area contributed by atoms with Crippen molar-refractivity contribution in [1.29, 1.82) is 0 Å². The van der Waals surface area contributed by atoms with E-state index >= 15 is 0 Å². The minimum absolute atomic E-state index is 0.110. The Kier molecular flexibility index (Phi) is 6.06. The second-order valence-corrected chi connectivity index (χ2v) is 4.76. The SMILES string of the molecule is CCCCC(C)NC(=O)C(Cl)c1ccccc1. The highest BCUT2D eigenvalue weighted by atomic mass is 35.5. The van der Waals surface area contributed by atoms with Gasteiger partial charge in [-0.2, -0.15) is 0 Å². The average molecular weight is 254 g/mol. The number of unbranched alkanes of at least 4 members (excludes halogenated alkanes) is 1. The number of carbonyl (C=O) groups excluding carboxylic acids is 1. The van der Waals surface area contributed by atoms with Crippen LogP contribution >= 0.6 is 11.6 Å². The van der Waals surface area contributed by atoms with Gasteiger partial charge in [-0.05, 0) is 18.9 Å². The van der Waals surface area contributed by atoms with Gasteiger partial charge in [0, 0.05) is 6.04 Å². The van der Waals surface area contributed by atoms with Gasteiger partial charge in [-0.15, -0.1) is 11.6 Å². The molecule has 1 rings (SSSR count). The number of benzene rings is 1. The lowest BCUT2D eigenvalue weighted by Crippen LogP contribution is -2.34. The van der Waals surface area contributed by atoms with Crippen LogP contribution in [0.5, 0.6) is 0 Å². The monoisotopic (exact) mass is 253 g/mol. The molecular weight excluding hydrogens is 234 g/mol. The van der Waals surface area contributed by atoms with Crippen LogP contribution in [0.2, 0.25) is 0 Å². The number of amides is 1. The van der Waals surface area contributed by atoms with E-state index in [1.807, 2.05) is 37.3 Å². The minimum atomic E-state index is -0.597. The predicted molar refractivity (Wildman–Crippen MR) is 72.2 cm³/mol. The Morgan fingerprint density at radius 2 is 2.00 bits per heavy atom. The van der Waals surface area contributed by atoms with E-state index in [4.69, 9.17) is 11.6 Å². The standard InChI is InChI=1S/C14H20ClNO/c1-3-4-8-11(2)16-14(17)13(15)12-9-6-5-7-10-12/h5-7,9-11,13H,3-4,8H2,1-2H3,(H,16,17). The molecule has 94 valence electrons. The van der Waals surface area contributed by atoms with Crippen LogP contribution in [0.3, 0.4) is 0 Å². The molecule has 0 spiro atoms. The Labute approximate surface area is 108 Å². The van der Waals surface area contributed by atoms with E-state index in [9.17, 15) is 4.79 Å². The number of carbonyl (C=O) groups is 1. The summed E-state index contributed by atoms with van der Waals surface area (Å²) in [7, 11) is 0. The topological polar surface area (TPSA) is 29.1 Å². The van der Waals surface area contributed by atoms with Crippen LogP contribution in [0.25, 0.3) is 0 Å². The highest BCUT2D eigenvalue weighted by Crippen LogP contribution is 2.20. The molecule has 0 saturated heterocycles. The molecule has 2 atom stereocenters.